The van der Waals surface area contributed by atoms with Gasteiger partial charge in [-0.15, -0.1) is 0 Å². The molecule has 0 unspecified atom stereocenters. The van der Waals surface area contributed by atoms with E-state index < -0.39 is 0 Å². The molecule has 0 amide bonds. The van der Waals surface area contributed by atoms with E-state index in [0.717, 1.165) is 11.0 Å². The molecule has 1 nitrogen and oxygen atoms in total. The first-order chi connectivity index (χ1) is 5.56. The van der Waals surface area contributed by atoms with Crippen LogP contribution in [0.5, 0.6) is 0 Å². The molecule has 0 saturated carbocycles. The minimum Gasteiger partial charge on any atom is -0.261 e. The first-order valence-corrected chi connectivity index (χ1v) is 5.17. The van der Waals surface area contributed by atoms with Gasteiger partial charge in [0.2, 0.25) is 0 Å². The van der Waals surface area contributed by atoms with Gasteiger partial charge in [0.05, 0.1) is 0 Å². The molecule has 0 spiro atoms. The topological polar surface area (TPSA) is 12.9 Å². The summed E-state index contributed by atoms with van der Waals surface area (Å²) in [5.41, 5.74) is 2.56. The van der Waals surface area contributed by atoms with Crippen LogP contribution < -0.4 is 0 Å². The zero-order chi connectivity index (χ0) is 9.19. The quantitative estimate of drug-likeness (QED) is 0.709. The summed E-state index contributed by atoms with van der Waals surface area (Å²) in [4.78, 5) is 4.35. The third kappa shape index (κ3) is 2.07. The molecule has 2 heteroatoms. The van der Waals surface area contributed by atoms with E-state index in [0.29, 0.717) is 0 Å². The smallest absolute Gasteiger partial charge is 0.0470 e. The van der Waals surface area contributed by atoms with Crippen molar-refractivity contribution < 1.29 is 0 Å². The molecular weight excluding hydrogens is 214 g/mol. The maximum atomic E-state index is 4.35. The first-order valence-electron chi connectivity index (χ1n) is 4.05. The van der Waals surface area contributed by atoms with Crippen molar-refractivity contribution in [1.29, 1.82) is 0 Å². The van der Waals surface area contributed by atoms with Gasteiger partial charge in [-0.25, -0.2) is 0 Å². The molecule has 0 bridgehead atoms. The highest BCUT2D eigenvalue weighted by atomic mass is 79.9. The maximum absolute atomic E-state index is 4.35. The molecule has 1 aromatic heterocycles. The highest BCUT2D eigenvalue weighted by molar-refractivity contribution is 9.09. The number of alkyl halides is 1. The van der Waals surface area contributed by atoms with Gasteiger partial charge in [-0.2, -0.15) is 0 Å². The SMILES string of the molecule is Cc1ccnc(C(C)(C)CBr)c1. The summed E-state index contributed by atoms with van der Waals surface area (Å²) in [5.74, 6) is 0. The van der Waals surface area contributed by atoms with Gasteiger partial charge in [0, 0.05) is 22.6 Å². The number of aromatic nitrogens is 1. The predicted molar refractivity (Wildman–Crippen MR) is 55.8 cm³/mol. The summed E-state index contributed by atoms with van der Waals surface area (Å²) in [7, 11) is 0. The second kappa shape index (κ2) is 3.56. The normalized spacial score (nSPS) is 11.7. The van der Waals surface area contributed by atoms with Crippen molar-refractivity contribution >= 4 is 15.9 Å². The highest BCUT2D eigenvalue weighted by Gasteiger charge is 2.19. The molecule has 0 atom stereocenters. The molecule has 0 radical (unpaired) electrons. The predicted octanol–water partition coefficient (Wildman–Crippen LogP) is 3.06. The fourth-order valence-corrected chi connectivity index (χ4v) is 1.26. The Morgan fingerprint density at radius 2 is 2.17 bits per heavy atom. The van der Waals surface area contributed by atoms with Crippen LogP contribution in [-0.2, 0) is 5.41 Å². The van der Waals surface area contributed by atoms with E-state index in [9.17, 15) is 0 Å². The molecule has 66 valence electrons. The summed E-state index contributed by atoms with van der Waals surface area (Å²) < 4.78 is 0. The number of nitrogens with zero attached hydrogens (tertiary/aromatic N) is 1. The standard InChI is InChI=1S/C10H14BrN/c1-8-4-5-12-9(6-8)10(2,3)7-11/h4-6H,7H2,1-3H3. The van der Waals surface area contributed by atoms with Crippen LogP contribution in [0.25, 0.3) is 0 Å². The van der Waals surface area contributed by atoms with Gasteiger partial charge in [-0.05, 0) is 24.6 Å². The van der Waals surface area contributed by atoms with Crippen LogP contribution in [-0.4, -0.2) is 10.3 Å². The number of aryl methyl sites for hydroxylation is 1. The van der Waals surface area contributed by atoms with Gasteiger partial charge < -0.3 is 0 Å². The summed E-state index contributed by atoms with van der Waals surface area (Å²) in [6.07, 6.45) is 1.87. The van der Waals surface area contributed by atoms with Crippen molar-refractivity contribution in [2.75, 3.05) is 5.33 Å². The summed E-state index contributed by atoms with van der Waals surface area (Å²) in [5, 5.41) is 0.941. The van der Waals surface area contributed by atoms with E-state index in [1.54, 1.807) is 0 Å². The largest absolute Gasteiger partial charge is 0.261 e. The van der Waals surface area contributed by atoms with Gasteiger partial charge in [0.1, 0.15) is 0 Å². The van der Waals surface area contributed by atoms with E-state index in [1.807, 2.05) is 12.3 Å². The Labute approximate surface area is 82.3 Å². The minimum absolute atomic E-state index is 0.131. The molecule has 0 aliphatic carbocycles. The Kier molecular flexibility index (Phi) is 2.89. The Bertz CT molecular complexity index is 268. The van der Waals surface area contributed by atoms with E-state index in [1.165, 1.54) is 5.56 Å². The second-order valence-electron chi connectivity index (χ2n) is 3.74. The molecule has 1 aromatic rings. The Balaban J connectivity index is 3.03. The Hall–Kier alpha value is -0.370. The van der Waals surface area contributed by atoms with Crippen LogP contribution in [0.1, 0.15) is 25.1 Å². The highest BCUT2D eigenvalue weighted by Crippen LogP contribution is 2.23. The first kappa shape index (κ1) is 9.72. The van der Waals surface area contributed by atoms with Gasteiger partial charge in [0.15, 0.2) is 0 Å². The lowest BCUT2D eigenvalue weighted by molar-refractivity contribution is 0.583. The molecule has 0 aromatic carbocycles. The molecule has 12 heavy (non-hydrogen) atoms. The molecular formula is C10H14BrN. The average Bonchev–Trinajstić information content (AvgIpc) is 2.05. The van der Waals surface area contributed by atoms with Crippen LogP contribution >= 0.6 is 15.9 Å². The van der Waals surface area contributed by atoms with E-state index in [2.05, 4.69) is 47.8 Å². The zero-order valence-electron chi connectivity index (χ0n) is 7.76. The zero-order valence-corrected chi connectivity index (χ0v) is 9.35. The van der Waals surface area contributed by atoms with Crippen molar-refractivity contribution in [3.8, 4) is 0 Å². The molecule has 0 N–H and O–H groups in total. The number of hydrogen-bond acceptors (Lipinski definition) is 1. The van der Waals surface area contributed by atoms with Gasteiger partial charge >= 0.3 is 0 Å². The molecule has 1 heterocycles. The lowest BCUT2D eigenvalue weighted by Gasteiger charge is -2.20. The molecule has 0 saturated heterocycles. The Morgan fingerprint density at radius 3 is 2.67 bits per heavy atom. The van der Waals surface area contributed by atoms with Crippen LogP contribution in [0.3, 0.4) is 0 Å². The van der Waals surface area contributed by atoms with Crippen LogP contribution in [0.4, 0.5) is 0 Å². The van der Waals surface area contributed by atoms with Crippen molar-refractivity contribution in [2.24, 2.45) is 0 Å². The lowest BCUT2D eigenvalue weighted by Crippen LogP contribution is -2.20. The average molecular weight is 228 g/mol. The fraction of sp³-hybridized carbons (Fsp3) is 0.500. The lowest BCUT2D eigenvalue weighted by atomic mass is 9.91. The van der Waals surface area contributed by atoms with Crippen molar-refractivity contribution in [3.63, 3.8) is 0 Å². The summed E-state index contributed by atoms with van der Waals surface area (Å²) in [6, 6.07) is 4.16. The van der Waals surface area contributed by atoms with Crippen molar-refractivity contribution in [2.45, 2.75) is 26.2 Å². The van der Waals surface area contributed by atoms with Crippen LogP contribution in [0.2, 0.25) is 0 Å². The maximum Gasteiger partial charge on any atom is 0.0470 e. The van der Waals surface area contributed by atoms with Crippen LogP contribution in [0, 0.1) is 6.92 Å². The second-order valence-corrected chi connectivity index (χ2v) is 4.30. The monoisotopic (exact) mass is 227 g/mol. The van der Waals surface area contributed by atoms with E-state index in [4.69, 9.17) is 0 Å². The number of hydrogen-bond donors (Lipinski definition) is 0. The Morgan fingerprint density at radius 1 is 1.50 bits per heavy atom. The third-order valence-electron chi connectivity index (χ3n) is 1.94. The van der Waals surface area contributed by atoms with E-state index in [-0.39, 0.29) is 5.41 Å². The van der Waals surface area contributed by atoms with Crippen molar-refractivity contribution in [3.05, 3.63) is 29.6 Å². The van der Waals surface area contributed by atoms with Crippen molar-refractivity contribution in [1.82, 2.24) is 4.98 Å². The number of pyridine rings is 1. The van der Waals surface area contributed by atoms with E-state index >= 15 is 0 Å². The molecule has 1 rings (SSSR count). The summed E-state index contributed by atoms with van der Waals surface area (Å²) in [6.45, 7) is 6.46. The molecule has 0 aliphatic rings. The minimum atomic E-state index is 0.131. The van der Waals surface area contributed by atoms with Gasteiger partial charge in [-0.1, -0.05) is 29.8 Å². The third-order valence-corrected chi connectivity index (χ3v) is 3.34. The summed E-state index contributed by atoms with van der Waals surface area (Å²) >= 11 is 3.49. The number of rotatable bonds is 2. The number of halogens is 1. The van der Waals surface area contributed by atoms with Gasteiger partial charge in [0.25, 0.3) is 0 Å². The van der Waals surface area contributed by atoms with Gasteiger partial charge in [-0.3, -0.25) is 4.98 Å². The molecule has 0 fully saturated rings. The van der Waals surface area contributed by atoms with Crippen LogP contribution in [0.15, 0.2) is 18.3 Å². The molecule has 0 aliphatic heterocycles. The fourth-order valence-electron chi connectivity index (χ4n) is 0.975.